The van der Waals surface area contributed by atoms with Crippen LogP contribution in [0.1, 0.15) is 11.4 Å². The fourth-order valence-electron chi connectivity index (χ4n) is 1.20. The second-order valence-electron chi connectivity index (χ2n) is 3.34. The summed E-state index contributed by atoms with van der Waals surface area (Å²) in [6, 6.07) is 2.91. The zero-order valence-electron chi connectivity index (χ0n) is 8.81. The minimum Gasteiger partial charge on any atom is -0.362 e. The molecule has 0 bridgehead atoms. The second-order valence-corrected chi connectivity index (χ2v) is 3.34. The number of rotatable bonds is 3. The highest BCUT2D eigenvalue weighted by atomic mass is 19.1. The van der Waals surface area contributed by atoms with E-state index in [0.29, 0.717) is 6.54 Å². The van der Waals surface area contributed by atoms with Crippen molar-refractivity contribution in [2.75, 3.05) is 5.32 Å². The van der Waals surface area contributed by atoms with Gasteiger partial charge in [0.1, 0.15) is 0 Å². The van der Waals surface area contributed by atoms with Gasteiger partial charge in [-0.25, -0.2) is 9.37 Å². The standard InChI is InChI=1S/C11H11FN4/c1-8-5-15-9(6-14-8)7-16-11-10(12)3-2-4-13-11/h2-6H,7H2,1H3,(H,13,16). The molecule has 0 atom stereocenters. The molecule has 82 valence electrons. The van der Waals surface area contributed by atoms with E-state index < -0.39 is 0 Å². The fourth-order valence-corrected chi connectivity index (χ4v) is 1.20. The molecule has 5 heteroatoms. The van der Waals surface area contributed by atoms with Gasteiger partial charge in [-0.3, -0.25) is 9.97 Å². The third-order valence-electron chi connectivity index (χ3n) is 2.03. The van der Waals surface area contributed by atoms with E-state index in [1.807, 2.05) is 6.92 Å². The Balaban J connectivity index is 2.02. The van der Waals surface area contributed by atoms with Gasteiger partial charge in [0.15, 0.2) is 11.6 Å². The van der Waals surface area contributed by atoms with Crippen LogP contribution in [0.3, 0.4) is 0 Å². The molecule has 0 aliphatic carbocycles. The van der Waals surface area contributed by atoms with E-state index in [0.717, 1.165) is 11.4 Å². The SMILES string of the molecule is Cc1cnc(CNc2ncccc2F)cn1. The first-order valence-electron chi connectivity index (χ1n) is 4.87. The van der Waals surface area contributed by atoms with Gasteiger partial charge in [-0.15, -0.1) is 0 Å². The molecule has 16 heavy (non-hydrogen) atoms. The van der Waals surface area contributed by atoms with Gasteiger partial charge >= 0.3 is 0 Å². The van der Waals surface area contributed by atoms with Crippen LogP contribution < -0.4 is 5.32 Å². The maximum atomic E-state index is 13.2. The van der Waals surface area contributed by atoms with Crippen molar-refractivity contribution >= 4 is 5.82 Å². The molecule has 2 rings (SSSR count). The second kappa shape index (κ2) is 4.65. The van der Waals surface area contributed by atoms with Crippen LogP contribution in [0, 0.1) is 12.7 Å². The topological polar surface area (TPSA) is 50.7 Å². The van der Waals surface area contributed by atoms with E-state index >= 15 is 0 Å². The summed E-state index contributed by atoms with van der Waals surface area (Å²) in [5, 5.41) is 2.86. The molecule has 2 heterocycles. The van der Waals surface area contributed by atoms with Crippen molar-refractivity contribution in [3.63, 3.8) is 0 Å². The number of aryl methyl sites for hydroxylation is 1. The molecular formula is C11H11FN4. The Kier molecular flexibility index (Phi) is 3.05. The first-order chi connectivity index (χ1) is 7.75. The number of pyridine rings is 1. The largest absolute Gasteiger partial charge is 0.362 e. The predicted octanol–water partition coefficient (Wildman–Crippen LogP) is 1.93. The molecule has 4 nitrogen and oxygen atoms in total. The molecule has 1 N–H and O–H groups in total. The third kappa shape index (κ3) is 2.50. The van der Waals surface area contributed by atoms with Crippen molar-refractivity contribution in [2.45, 2.75) is 13.5 Å². The van der Waals surface area contributed by atoms with Crippen molar-refractivity contribution in [1.82, 2.24) is 15.0 Å². The summed E-state index contributed by atoms with van der Waals surface area (Å²) in [6.07, 6.45) is 4.86. The summed E-state index contributed by atoms with van der Waals surface area (Å²) in [5.41, 5.74) is 1.60. The molecule has 0 fully saturated rings. The number of nitrogens with zero attached hydrogens (tertiary/aromatic N) is 3. The zero-order valence-corrected chi connectivity index (χ0v) is 8.81. The number of hydrogen-bond donors (Lipinski definition) is 1. The first kappa shape index (κ1) is 10.5. The molecular weight excluding hydrogens is 207 g/mol. The van der Waals surface area contributed by atoms with E-state index in [-0.39, 0.29) is 11.6 Å². The molecule has 2 aromatic heterocycles. The van der Waals surface area contributed by atoms with Crippen LogP contribution >= 0.6 is 0 Å². The molecule has 2 aromatic rings. The van der Waals surface area contributed by atoms with Gasteiger partial charge in [0.05, 0.1) is 24.1 Å². The van der Waals surface area contributed by atoms with E-state index in [1.165, 1.54) is 12.3 Å². The molecule has 0 radical (unpaired) electrons. The van der Waals surface area contributed by atoms with Crippen LogP contribution in [-0.2, 0) is 6.54 Å². The fraction of sp³-hybridized carbons (Fsp3) is 0.182. The average Bonchev–Trinajstić information content (AvgIpc) is 2.30. The molecule has 0 saturated heterocycles. The van der Waals surface area contributed by atoms with Gasteiger partial charge in [-0.2, -0.15) is 0 Å². The summed E-state index contributed by atoms with van der Waals surface area (Å²) < 4.78 is 13.2. The van der Waals surface area contributed by atoms with Gasteiger partial charge < -0.3 is 5.32 Å². The Bertz CT molecular complexity index is 470. The molecule has 0 saturated carbocycles. The lowest BCUT2D eigenvalue weighted by Crippen LogP contribution is -2.05. The third-order valence-corrected chi connectivity index (χ3v) is 2.03. The van der Waals surface area contributed by atoms with E-state index in [1.54, 1.807) is 18.5 Å². The van der Waals surface area contributed by atoms with Crippen molar-refractivity contribution in [3.8, 4) is 0 Å². The maximum absolute atomic E-state index is 13.2. The van der Waals surface area contributed by atoms with Crippen LogP contribution in [0.25, 0.3) is 0 Å². The first-order valence-corrected chi connectivity index (χ1v) is 4.87. The van der Waals surface area contributed by atoms with Gasteiger partial charge in [0, 0.05) is 12.4 Å². The highest BCUT2D eigenvalue weighted by Gasteiger charge is 2.01. The summed E-state index contributed by atoms with van der Waals surface area (Å²) in [6.45, 7) is 2.27. The van der Waals surface area contributed by atoms with Gasteiger partial charge in [-0.05, 0) is 19.1 Å². The van der Waals surface area contributed by atoms with Crippen molar-refractivity contribution in [1.29, 1.82) is 0 Å². The van der Waals surface area contributed by atoms with Crippen LogP contribution in [0.15, 0.2) is 30.7 Å². The Morgan fingerprint density at radius 3 is 2.81 bits per heavy atom. The summed E-state index contributed by atoms with van der Waals surface area (Å²) in [4.78, 5) is 12.1. The number of halogens is 1. The number of hydrogen-bond acceptors (Lipinski definition) is 4. The Morgan fingerprint density at radius 2 is 2.12 bits per heavy atom. The summed E-state index contributed by atoms with van der Waals surface area (Å²) in [7, 11) is 0. The monoisotopic (exact) mass is 218 g/mol. The van der Waals surface area contributed by atoms with Crippen LogP contribution in [0.4, 0.5) is 10.2 Å². The number of nitrogens with one attached hydrogen (secondary N) is 1. The van der Waals surface area contributed by atoms with Crippen molar-refractivity contribution in [2.24, 2.45) is 0 Å². The van der Waals surface area contributed by atoms with Gasteiger partial charge in [0.25, 0.3) is 0 Å². The lowest BCUT2D eigenvalue weighted by molar-refractivity contribution is 0.624. The summed E-state index contributed by atoms with van der Waals surface area (Å²) in [5.74, 6) is -0.146. The molecule has 0 spiro atoms. The van der Waals surface area contributed by atoms with Crippen LogP contribution in [0.5, 0.6) is 0 Å². The average molecular weight is 218 g/mol. The van der Waals surface area contributed by atoms with E-state index in [4.69, 9.17) is 0 Å². The van der Waals surface area contributed by atoms with E-state index in [2.05, 4.69) is 20.3 Å². The molecule has 0 aliphatic heterocycles. The maximum Gasteiger partial charge on any atom is 0.165 e. The summed E-state index contributed by atoms with van der Waals surface area (Å²) >= 11 is 0. The number of anilines is 1. The minimum atomic E-state index is -0.373. The smallest absolute Gasteiger partial charge is 0.165 e. The Hall–Kier alpha value is -2.04. The predicted molar refractivity (Wildman–Crippen MR) is 58.3 cm³/mol. The Morgan fingerprint density at radius 1 is 1.25 bits per heavy atom. The lowest BCUT2D eigenvalue weighted by Gasteiger charge is -2.05. The number of aromatic nitrogens is 3. The van der Waals surface area contributed by atoms with Gasteiger partial charge in [0.2, 0.25) is 0 Å². The zero-order chi connectivity index (χ0) is 11.4. The van der Waals surface area contributed by atoms with Crippen molar-refractivity contribution < 1.29 is 4.39 Å². The van der Waals surface area contributed by atoms with Crippen molar-refractivity contribution in [3.05, 3.63) is 47.9 Å². The highest BCUT2D eigenvalue weighted by Crippen LogP contribution is 2.09. The van der Waals surface area contributed by atoms with Crippen LogP contribution in [0.2, 0.25) is 0 Å². The van der Waals surface area contributed by atoms with Gasteiger partial charge in [-0.1, -0.05) is 0 Å². The lowest BCUT2D eigenvalue weighted by atomic mass is 10.4. The Labute approximate surface area is 92.6 Å². The van der Waals surface area contributed by atoms with E-state index in [9.17, 15) is 4.39 Å². The molecule has 0 amide bonds. The molecule has 0 aliphatic rings. The van der Waals surface area contributed by atoms with Crippen LogP contribution in [-0.4, -0.2) is 15.0 Å². The molecule has 0 unspecified atom stereocenters. The molecule has 0 aromatic carbocycles. The normalized spacial score (nSPS) is 10.1. The highest BCUT2D eigenvalue weighted by molar-refractivity contribution is 5.35. The minimum absolute atomic E-state index is 0.227. The quantitative estimate of drug-likeness (QED) is 0.855.